The molecule has 0 saturated heterocycles. The maximum absolute atomic E-state index is 10.6. The second kappa shape index (κ2) is 6.26. The first-order valence-corrected chi connectivity index (χ1v) is 4.87. The van der Waals surface area contributed by atoms with Crippen LogP contribution in [-0.4, -0.2) is 16.9 Å². The van der Waals surface area contributed by atoms with Crippen LogP contribution in [0.5, 0.6) is 0 Å². The van der Waals surface area contributed by atoms with Crippen LogP contribution in [0.15, 0.2) is 12.1 Å². The normalized spacial score (nSPS) is 8.88. The van der Waals surface area contributed by atoms with E-state index in [2.05, 4.69) is 5.32 Å². The number of rotatable bonds is 3. The molecule has 1 rings (SSSR count). The first-order valence-electron chi connectivity index (χ1n) is 4.87. The molecule has 0 saturated carbocycles. The van der Waals surface area contributed by atoms with Crippen molar-refractivity contribution in [1.29, 1.82) is 0 Å². The lowest BCUT2D eigenvalue weighted by atomic mass is 10.2. The fourth-order valence-electron chi connectivity index (χ4n) is 1.10. The van der Waals surface area contributed by atoms with E-state index < -0.39 is 15.5 Å². The summed E-state index contributed by atoms with van der Waals surface area (Å²) in [6, 6.07) is 2.00. The van der Waals surface area contributed by atoms with Crippen LogP contribution in [0.25, 0.3) is 0 Å². The van der Waals surface area contributed by atoms with Crippen molar-refractivity contribution in [3.8, 4) is 0 Å². The zero-order valence-corrected chi connectivity index (χ0v) is 9.76. The standard InChI is InChI=1S/C7H8N4O4.C2H6/c1-9-5-2-4(8)6(10(12)13)3-7(5)11(14)15;1-2/h2-3,9H,8H2,1H3;1-2H3. The van der Waals surface area contributed by atoms with Gasteiger partial charge in [-0.1, -0.05) is 13.8 Å². The van der Waals surface area contributed by atoms with E-state index in [1.165, 1.54) is 7.05 Å². The summed E-state index contributed by atoms with van der Waals surface area (Å²) in [7, 11) is 1.47. The van der Waals surface area contributed by atoms with Crippen LogP contribution in [-0.2, 0) is 0 Å². The number of benzene rings is 1. The SMILES string of the molecule is CC.CNc1cc(N)c([N+](=O)[O-])cc1[N+](=O)[O-]. The average molecular weight is 242 g/mol. The molecule has 0 spiro atoms. The van der Waals surface area contributed by atoms with Crippen LogP contribution in [0.1, 0.15) is 13.8 Å². The third kappa shape index (κ3) is 3.30. The zero-order chi connectivity index (χ0) is 13.6. The second-order valence-electron chi connectivity index (χ2n) is 2.69. The minimum absolute atomic E-state index is 0.116. The topological polar surface area (TPSA) is 124 Å². The van der Waals surface area contributed by atoms with E-state index in [9.17, 15) is 20.2 Å². The predicted molar refractivity (Wildman–Crippen MR) is 65.1 cm³/mol. The third-order valence-electron chi connectivity index (χ3n) is 1.81. The maximum atomic E-state index is 10.6. The minimum Gasteiger partial charge on any atom is -0.393 e. The summed E-state index contributed by atoms with van der Waals surface area (Å²) >= 11 is 0. The van der Waals surface area contributed by atoms with Crippen molar-refractivity contribution >= 4 is 22.7 Å². The van der Waals surface area contributed by atoms with E-state index in [0.717, 1.165) is 12.1 Å². The number of nitrogen functional groups attached to an aromatic ring is 1. The largest absolute Gasteiger partial charge is 0.393 e. The van der Waals surface area contributed by atoms with Gasteiger partial charge < -0.3 is 11.1 Å². The van der Waals surface area contributed by atoms with Gasteiger partial charge in [0.05, 0.1) is 15.9 Å². The van der Waals surface area contributed by atoms with Crippen LogP contribution in [0.3, 0.4) is 0 Å². The number of nitrogens with one attached hydrogen (secondary N) is 1. The molecule has 0 aromatic heterocycles. The molecule has 0 unspecified atom stereocenters. The Hall–Kier alpha value is -2.38. The summed E-state index contributed by atoms with van der Waals surface area (Å²) in [6.45, 7) is 4.00. The highest BCUT2D eigenvalue weighted by Crippen LogP contribution is 2.33. The highest BCUT2D eigenvalue weighted by molar-refractivity contribution is 5.75. The molecule has 3 N–H and O–H groups in total. The van der Waals surface area contributed by atoms with Gasteiger partial charge >= 0.3 is 0 Å². The summed E-state index contributed by atoms with van der Waals surface area (Å²) in [5, 5.41) is 23.6. The lowest BCUT2D eigenvalue weighted by molar-refractivity contribution is -0.393. The molecule has 0 aliphatic carbocycles. The zero-order valence-electron chi connectivity index (χ0n) is 9.76. The molecule has 1 aromatic rings. The number of nitrogens with zero attached hydrogens (tertiary/aromatic N) is 2. The number of hydrogen-bond donors (Lipinski definition) is 2. The Morgan fingerprint density at radius 1 is 1.12 bits per heavy atom. The quantitative estimate of drug-likeness (QED) is 0.475. The summed E-state index contributed by atoms with van der Waals surface area (Å²) in [4.78, 5) is 19.6. The number of nitrogens with two attached hydrogens (primary N) is 1. The van der Waals surface area contributed by atoms with Gasteiger partial charge in [-0.3, -0.25) is 20.2 Å². The Kier molecular flexibility index (Phi) is 5.38. The van der Waals surface area contributed by atoms with E-state index in [1.807, 2.05) is 13.8 Å². The molecule has 0 bridgehead atoms. The van der Waals surface area contributed by atoms with Crippen molar-refractivity contribution in [1.82, 2.24) is 0 Å². The van der Waals surface area contributed by atoms with Crippen molar-refractivity contribution in [3.05, 3.63) is 32.4 Å². The molecule has 0 aliphatic heterocycles. The molecule has 0 atom stereocenters. The molecule has 0 heterocycles. The monoisotopic (exact) mass is 242 g/mol. The van der Waals surface area contributed by atoms with Crippen LogP contribution >= 0.6 is 0 Å². The van der Waals surface area contributed by atoms with Crippen molar-refractivity contribution in [3.63, 3.8) is 0 Å². The number of nitro groups is 2. The van der Waals surface area contributed by atoms with Crippen LogP contribution in [0.4, 0.5) is 22.7 Å². The summed E-state index contributed by atoms with van der Waals surface area (Å²) in [6.07, 6.45) is 0. The molecule has 0 radical (unpaired) electrons. The molecular formula is C9H14N4O4. The van der Waals surface area contributed by atoms with Crippen LogP contribution in [0.2, 0.25) is 0 Å². The maximum Gasteiger partial charge on any atom is 0.299 e. The van der Waals surface area contributed by atoms with Gasteiger partial charge in [0.1, 0.15) is 11.4 Å². The van der Waals surface area contributed by atoms with E-state index in [0.29, 0.717) is 0 Å². The number of anilines is 2. The molecule has 0 aliphatic rings. The van der Waals surface area contributed by atoms with Gasteiger partial charge in [0, 0.05) is 7.05 Å². The Morgan fingerprint density at radius 2 is 1.59 bits per heavy atom. The predicted octanol–water partition coefficient (Wildman–Crippen LogP) is 2.15. The highest BCUT2D eigenvalue weighted by atomic mass is 16.6. The smallest absolute Gasteiger partial charge is 0.299 e. The van der Waals surface area contributed by atoms with E-state index in [4.69, 9.17) is 5.73 Å². The molecular weight excluding hydrogens is 228 g/mol. The Labute approximate surface area is 97.7 Å². The van der Waals surface area contributed by atoms with Gasteiger partial charge in [-0.15, -0.1) is 0 Å². The lowest BCUT2D eigenvalue weighted by Crippen LogP contribution is -2.01. The van der Waals surface area contributed by atoms with E-state index in [1.54, 1.807) is 0 Å². The Morgan fingerprint density at radius 3 is 1.94 bits per heavy atom. The minimum atomic E-state index is -0.762. The molecule has 8 nitrogen and oxygen atoms in total. The molecule has 17 heavy (non-hydrogen) atoms. The molecule has 0 fully saturated rings. The van der Waals surface area contributed by atoms with E-state index in [-0.39, 0.29) is 17.1 Å². The van der Waals surface area contributed by atoms with Crippen molar-refractivity contribution in [2.45, 2.75) is 13.8 Å². The first-order chi connectivity index (χ1) is 7.97. The van der Waals surface area contributed by atoms with Gasteiger partial charge in [0.25, 0.3) is 11.4 Å². The number of nitro benzene ring substituents is 2. The average Bonchev–Trinajstić information content (AvgIpc) is 2.30. The summed E-state index contributed by atoms with van der Waals surface area (Å²) < 4.78 is 0. The Bertz CT molecular complexity index is 433. The molecule has 94 valence electrons. The van der Waals surface area contributed by atoms with Gasteiger partial charge in [-0.05, 0) is 6.07 Å². The lowest BCUT2D eigenvalue weighted by Gasteiger charge is -2.03. The summed E-state index contributed by atoms with van der Waals surface area (Å²) in [5.41, 5.74) is 4.54. The van der Waals surface area contributed by atoms with Crippen molar-refractivity contribution in [2.75, 3.05) is 18.1 Å². The third-order valence-corrected chi connectivity index (χ3v) is 1.81. The summed E-state index contributed by atoms with van der Waals surface area (Å²) in [5.74, 6) is 0. The van der Waals surface area contributed by atoms with Gasteiger partial charge in [-0.25, -0.2) is 0 Å². The van der Waals surface area contributed by atoms with Crippen LogP contribution < -0.4 is 11.1 Å². The van der Waals surface area contributed by atoms with Gasteiger partial charge in [0.2, 0.25) is 0 Å². The fraction of sp³-hybridized carbons (Fsp3) is 0.333. The van der Waals surface area contributed by atoms with Gasteiger partial charge in [0.15, 0.2) is 0 Å². The van der Waals surface area contributed by atoms with Gasteiger partial charge in [-0.2, -0.15) is 0 Å². The first kappa shape index (κ1) is 14.6. The second-order valence-corrected chi connectivity index (χ2v) is 2.69. The molecule has 8 heteroatoms. The Balaban J connectivity index is 0.00000121. The molecule has 1 aromatic carbocycles. The van der Waals surface area contributed by atoms with E-state index >= 15 is 0 Å². The van der Waals surface area contributed by atoms with Crippen molar-refractivity contribution < 1.29 is 9.85 Å². The number of hydrogen-bond acceptors (Lipinski definition) is 6. The van der Waals surface area contributed by atoms with Crippen LogP contribution in [0, 0.1) is 20.2 Å². The fourth-order valence-corrected chi connectivity index (χ4v) is 1.10. The van der Waals surface area contributed by atoms with Crippen molar-refractivity contribution in [2.24, 2.45) is 0 Å². The molecule has 0 amide bonds. The highest BCUT2D eigenvalue weighted by Gasteiger charge is 2.22.